The smallest absolute Gasteiger partial charge is 0.227 e. The molecular weight excluding hydrogens is 404 g/mol. The van der Waals surface area contributed by atoms with Gasteiger partial charge in [-0.1, -0.05) is 20.8 Å². The number of carbonyl (C=O) groups excluding carboxylic acids is 1. The molecular formula is C25H34N2O3Si. The minimum atomic E-state index is -1.76. The standard InChI is InChI=1S/C25H34N2O3Si/c1-25(2,3)31(4,5)30-12-11-29-22-15-21(16-26-17-22)20-13-18-7-6-10-27-23(28)9-8-19(14-20)24(18)27/h13-17H,6-12H2,1-5H3. The Hall–Kier alpha value is -2.18. The topological polar surface area (TPSA) is 51.7 Å². The van der Waals surface area contributed by atoms with Gasteiger partial charge in [-0.25, -0.2) is 0 Å². The minimum absolute atomic E-state index is 0.196. The number of anilines is 1. The predicted octanol–water partition coefficient (Wildman–Crippen LogP) is 5.37. The van der Waals surface area contributed by atoms with E-state index in [1.165, 1.54) is 11.1 Å². The molecule has 0 bridgehead atoms. The van der Waals surface area contributed by atoms with Crippen LogP contribution in [0.5, 0.6) is 5.75 Å². The van der Waals surface area contributed by atoms with E-state index in [0.29, 0.717) is 19.6 Å². The molecule has 0 fully saturated rings. The molecule has 0 unspecified atom stereocenters. The van der Waals surface area contributed by atoms with E-state index >= 15 is 0 Å². The summed E-state index contributed by atoms with van der Waals surface area (Å²) in [5.74, 6) is 1.03. The first-order chi connectivity index (χ1) is 14.7. The van der Waals surface area contributed by atoms with Crippen LogP contribution in [0.2, 0.25) is 18.1 Å². The molecule has 0 spiro atoms. The number of carbonyl (C=O) groups is 1. The number of aromatic nitrogens is 1. The fraction of sp³-hybridized carbons (Fsp3) is 0.520. The van der Waals surface area contributed by atoms with Gasteiger partial charge in [-0.2, -0.15) is 0 Å². The average Bonchev–Trinajstić information content (AvgIpc) is 2.73. The van der Waals surface area contributed by atoms with Gasteiger partial charge in [0.15, 0.2) is 8.32 Å². The van der Waals surface area contributed by atoms with Crippen LogP contribution >= 0.6 is 0 Å². The highest BCUT2D eigenvalue weighted by Crippen LogP contribution is 2.39. The summed E-state index contributed by atoms with van der Waals surface area (Å²) in [5, 5.41) is 0.196. The van der Waals surface area contributed by atoms with Gasteiger partial charge in [-0.15, -0.1) is 0 Å². The van der Waals surface area contributed by atoms with Crippen molar-refractivity contribution in [2.75, 3.05) is 24.7 Å². The van der Waals surface area contributed by atoms with Crippen LogP contribution in [0.25, 0.3) is 11.1 Å². The summed E-state index contributed by atoms with van der Waals surface area (Å²) in [6.45, 7) is 13.2. The van der Waals surface area contributed by atoms with Gasteiger partial charge in [0.1, 0.15) is 12.4 Å². The number of rotatable bonds is 6. The van der Waals surface area contributed by atoms with Crippen molar-refractivity contribution >= 4 is 19.9 Å². The van der Waals surface area contributed by atoms with Crippen molar-refractivity contribution in [3.8, 4) is 16.9 Å². The molecule has 0 radical (unpaired) electrons. The summed E-state index contributed by atoms with van der Waals surface area (Å²) in [6.07, 6.45) is 7.12. The van der Waals surface area contributed by atoms with Gasteiger partial charge in [0.05, 0.1) is 18.5 Å². The lowest BCUT2D eigenvalue weighted by Gasteiger charge is -2.36. The summed E-state index contributed by atoms with van der Waals surface area (Å²) in [5.41, 5.74) is 5.92. The van der Waals surface area contributed by atoms with Gasteiger partial charge in [-0.3, -0.25) is 9.78 Å². The first kappa shape index (κ1) is 22.0. The van der Waals surface area contributed by atoms with Crippen molar-refractivity contribution in [1.82, 2.24) is 4.98 Å². The van der Waals surface area contributed by atoms with Crippen molar-refractivity contribution in [3.63, 3.8) is 0 Å². The number of benzene rings is 1. The molecule has 1 aromatic carbocycles. The van der Waals surface area contributed by atoms with E-state index in [-0.39, 0.29) is 10.9 Å². The van der Waals surface area contributed by atoms with Crippen molar-refractivity contribution < 1.29 is 14.0 Å². The molecule has 31 heavy (non-hydrogen) atoms. The predicted molar refractivity (Wildman–Crippen MR) is 127 cm³/mol. The summed E-state index contributed by atoms with van der Waals surface area (Å²) in [6, 6.07) is 6.51. The van der Waals surface area contributed by atoms with Crippen LogP contribution in [0.3, 0.4) is 0 Å². The Morgan fingerprint density at radius 2 is 1.74 bits per heavy atom. The molecule has 166 valence electrons. The Labute approximate surface area is 186 Å². The highest BCUT2D eigenvalue weighted by molar-refractivity contribution is 6.74. The van der Waals surface area contributed by atoms with Crippen molar-refractivity contribution in [1.29, 1.82) is 0 Å². The number of pyridine rings is 1. The maximum absolute atomic E-state index is 12.3. The highest BCUT2D eigenvalue weighted by atomic mass is 28.4. The monoisotopic (exact) mass is 438 g/mol. The number of amides is 1. The van der Waals surface area contributed by atoms with Crippen molar-refractivity contribution in [2.45, 2.75) is 64.6 Å². The van der Waals surface area contributed by atoms with E-state index in [1.807, 2.05) is 11.1 Å². The summed E-state index contributed by atoms with van der Waals surface area (Å²) >= 11 is 0. The fourth-order valence-electron chi connectivity index (χ4n) is 4.15. The number of hydrogen-bond donors (Lipinski definition) is 0. The second kappa shape index (κ2) is 8.39. The SMILES string of the molecule is CC(C)(C)[Si](C)(C)OCCOc1cncc(-c2cc3c4c(c2)CCC(=O)N4CCC3)c1. The lowest BCUT2D eigenvalue weighted by Crippen LogP contribution is -2.41. The quantitative estimate of drug-likeness (QED) is 0.449. The van der Waals surface area contributed by atoms with E-state index in [0.717, 1.165) is 48.4 Å². The largest absolute Gasteiger partial charge is 0.490 e. The maximum Gasteiger partial charge on any atom is 0.227 e. The molecule has 0 saturated carbocycles. The Bertz CT molecular complexity index is 964. The number of aryl methyl sites for hydroxylation is 2. The van der Waals surface area contributed by atoms with E-state index in [2.05, 4.69) is 57.0 Å². The zero-order valence-corrected chi connectivity index (χ0v) is 20.5. The third-order valence-electron chi connectivity index (χ3n) is 6.94. The van der Waals surface area contributed by atoms with Gasteiger partial charge in [-0.05, 0) is 72.3 Å². The molecule has 0 aliphatic carbocycles. The van der Waals surface area contributed by atoms with Crippen LogP contribution < -0.4 is 9.64 Å². The molecule has 0 saturated heterocycles. The number of hydrogen-bond acceptors (Lipinski definition) is 4. The fourth-order valence-corrected chi connectivity index (χ4v) is 5.18. The normalized spacial score (nSPS) is 16.3. The average molecular weight is 439 g/mol. The highest BCUT2D eigenvalue weighted by Gasteiger charge is 2.37. The first-order valence-corrected chi connectivity index (χ1v) is 14.2. The third kappa shape index (κ3) is 4.55. The van der Waals surface area contributed by atoms with Gasteiger partial charge >= 0.3 is 0 Å². The zero-order chi connectivity index (χ0) is 22.2. The van der Waals surface area contributed by atoms with Gasteiger partial charge < -0.3 is 14.1 Å². The van der Waals surface area contributed by atoms with Crippen molar-refractivity contribution in [2.24, 2.45) is 0 Å². The minimum Gasteiger partial charge on any atom is -0.490 e. The first-order valence-electron chi connectivity index (χ1n) is 11.3. The molecule has 3 heterocycles. The lowest BCUT2D eigenvalue weighted by molar-refractivity contribution is -0.119. The van der Waals surface area contributed by atoms with E-state index in [1.54, 1.807) is 6.20 Å². The maximum atomic E-state index is 12.3. The number of nitrogens with zero attached hydrogens (tertiary/aromatic N) is 2. The second-order valence-electron chi connectivity index (χ2n) is 10.2. The Kier molecular flexibility index (Phi) is 5.96. The lowest BCUT2D eigenvalue weighted by atomic mass is 9.88. The van der Waals surface area contributed by atoms with Gasteiger partial charge in [0.2, 0.25) is 5.91 Å². The number of ether oxygens (including phenoxy) is 1. The summed E-state index contributed by atoms with van der Waals surface area (Å²) < 4.78 is 12.2. The van der Waals surface area contributed by atoms with Gasteiger partial charge in [0, 0.05) is 24.7 Å². The van der Waals surface area contributed by atoms with E-state index in [4.69, 9.17) is 9.16 Å². The van der Waals surface area contributed by atoms with E-state index in [9.17, 15) is 4.79 Å². The second-order valence-corrected chi connectivity index (χ2v) is 15.0. The molecule has 1 aromatic heterocycles. The Morgan fingerprint density at radius 3 is 2.48 bits per heavy atom. The third-order valence-corrected chi connectivity index (χ3v) is 11.5. The van der Waals surface area contributed by atoms with Crippen LogP contribution in [0.1, 0.15) is 44.7 Å². The van der Waals surface area contributed by atoms with Crippen LogP contribution in [-0.4, -0.2) is 39.0 Å². The summed E-state index contributed by atoms with van der Waals surface area (Å²) in [4.78, 5) is 18.7. The van der Waals surface area contributed by atoms with Crippen LogP contribution in [0.4, 0.5) is 5.69 Å². The molecule has 1 amide bonds. The molecule has 2 aliphatic rings. The van der Waals surface area contributed by atoms with Crippen LogP contribution in [-0.2, 0) is 22.1 Å². The summed E-state index contributed by atoms with van der Waals surface area (Å²) in [7, 11) is -1.76. The Morgan fingerprint density at radius 1 is 1.00 bits per heavy atom. The molecule has 2 aliphatic heterocycles. The molecule has 0 atom stereocenters. The molecule has 4 rings (SSSR count). The van der Waals surface area contributed by atoms with Crippen LogP contribution in [0.15, 0.2) is 30.6 Å². The molecule has 5 nitrogen and oxygen atoms in total. The van der Waals surface area contributed by atoms with E-state index < -0.39 is 8.32 Å². The molecule has 2 aromatic rings. The Balaban J connectivity index is 1.47. The zero-order valence-electron chi connectivity index (χ0n) is 19.5. The van der Waals surface area contributed by atoms with Crippen LogP contribution in [0, 0.1) is 0 Å². The molecule has 6 heteroatoms. The van der Waals surface area contributed by atoms with Gasteiger partial charge in [0.25, 0.3) is 0 Å². The van der Waals surface area contributed by atoms with Crippen molar-refractivity contribution in [3.05, 3.63) is 41.7 Å². The molecule has 0 N–H and O–H groups in total.